The number of ether oxygens (including phenoxy) is 1. The minimum Gasteiger partial charge on any atom is -0.387 e. The summed E-state index contributed by atoms with van der Waals surface area (Å²) in [4.78, 5) is 11.2. The molecule has 25 heavy (non-hydrogen) atoms. The zero-order chi connectivity index (χ0) is 18.2. The third-order valence-electron chi connectivity index (χ3n) is 3.96. The Bertz CT molecular complexity index is 798. The number of halogens is 3. The van der Waals surface area contributed by atoms with E-state index in [-0.39, 0.29) is 22.9 Å². The van der Waals surface area contributed by atoms with Gasteiger partial charge in [-0.3, -0.25) is 9.09 Å². The van der Waals surface area contributed by atoms with E-state index in [0.29, 0.717) is 0 Å². The smallest absolute Gasteiger partial charge is 0.327 e. The third-order valence-corrected chi connectivity index (χ3v) is 4.65. The molecular weight excluding hydrogens is 383 g/mol. The van der Waals surface area contributed by atoms with Crippen LogP contribution in [0.25, 0.3) is 11.2 Å². The number of rotatable bonds is 6. The highest BCUT2D eigenvalue weighted by atomic mass is 35.5. The van der Waals surface area contributed by atoms with Crippen LogP contribution in [-0.2, 0) is 13.8 Å². The predicted octanol–water partition coefficient (Wildman–Crippen LogP) is 1.44. The summed E-state index contributed by atoms with van der Waals surface area (Å²) in [7, 11) is 0.855. The van der Waals surface area contributed by atoms with E-state index in [9.17, 15) is 18.5 Å². The number of nitrogens with zero attached hydrogens (tertiary/aromatic N) is 4. The Morgan fingerprint density at radius 3 is 3.00 bits per heavy atom. The maximum Gasteiger partial charge on any atom is 0.327 e. The van der Waals surface area contributed by atoms with Gasteiger partial charge < -0.3 is 15.2 Å². The molecule has 1 aliphatic rings. The number of aromatic nitrogens is 4. The van der Waals surface area contributed by atoms with Gasteiger partial charge in [-0.2, -0.15) is 14.4 Å². The molecule has 0 radical (unpaired) electrons. The van der Waals surface area contributed by atoms with Crippen LogP contribution in [0, 0.1) is 6.08 Å². The fourth-order valence-corrected chi connectivity index (χ4v) is 3.26. The highest BCUT2D eigenvalue weighted by Gasteiger charge is 2.56. The lowest BCUT2D eigenvalue weighted by molar-refractivity contribution is -0.106. The average molecular weight is 396 g/mol. The lowest BCUT2D eigenvalue weighted by Crippen LogP contribution is -2.47. The molecule has 0 saturated carbocycles. The van der Waals surface area contributed by atoms with E-state index in [1.165, 1.54) is 13.4 Å². The molecule has 0 spiro atoms. The van der Waals surface area contributed by atoms with Crippen LogP contribution in [0.4, 0.5) is 14.6 Å². The molecule has 1 saturated heterocycles. The zero-order valence-electron chi connectivity index (χ0n) is 12.8. The lowest BCUT2D eigenvalue weighted by Gasteiger charge is -2.27. The fraction of sp³-hybridized carbons (Fsp3) is 0.583. The molecule has 1 aliphatic heterocycles. The van der Waals surface area contributed by atoms with Crippen LogP contribution in [0.3, 0.4) is 0 Å². The first-order valence-electron chi connectivity index (χ1n) is 7.05. The van der Waals surface area contributed by atoms with Crippen molar-refractivity contribution in [3.63, 3.8) is 0 Å². The second kappa shape index (κ2) is 7.00. The van der Waals surface area contributed by atoms with Gasteiger partial charge >= 0.3 is 14.8 Å². The van der Waals surface area contributed by atoms with Crippen LogP contribution in [0.5, 0.6) is 0 Å². The summed E-state index contributed by atoms with van der Waals surface area (Å²) in [6, 6.07) is 0. The first-order chi connectivity index (χ1) is 12.0. The summed E-state index contributed by atoms with van der Waals surface area (Å²) in [5.41, 5.74) is -1.45. The second-order valence-electron chi connectivity index (χ2n) is 5.36. The van der Waals surface area contributed by atoms with Crippen LogP contribution in [-0.4, -0.2) is 62.0 Å². The van der Waals surface area contributed by atoms with Crippen molar-refractivity contribution in [3.8, 4) is 0 Å². The van der Waals surface area contributed by atoms with Gasteiger partial charge in [-0.05, 0) is 0 Å². The number of alkyl halides is 2. The topological polar surface area (TPSA) is 111 Å². The molecule has 0 aromatic carbocycles. The van der Waals surface area contributed by atoms with Crippen molar-refractivity contribution in [2.75, 3.05) is 24.9 Å². The second-order valence-corrected chi connectivity index (χ2v) is 6.03. The van der Waals surface area contributed by atoms with Gasteiger partial charge in [-0.15, -0.1) is 11.6 Å². The van der Waals surface area contributed by atoms with Crippen LogP contribution in [0.15, 0.2) is 6.33 Å². The largest absolute Gasteiger partial charge is 0.387 e. The summed E-state index contributed by atoms with van der Waals surface area (Å²) < 4.78 is 50.3. The number of hydrogen-bond acceptors (Lipinski definition) is 8. The van der Waals surface area contributed by atoms with Gasteiger partial charge in [0.2, 0.25) is 0 Å². The number of imidazole rings is 1. The zero-order valence-corrected chi connectivity index (χ0v) is 14.4. The van der Waals surface area contributed by atoms with Gasteiger partial charge in [0.1, 0.15) is 11.7 Å². The summed E-state index contributed by atoms with van der Waals surface area (Å²) >= 11 is 5.82. The Morgan fingerprint density at radius 2 is 2.36 bits per heavy atom. The molecule has 2 N–H and O–H groups in total. The Hall–Kier alpha value is -1.52. The number of fused-ring (bicyclic) bond motifs is 1. The Morgan fingerprint density at radius 1 is 1.60 bits per heavy atom. The maximum absolute atomic E-state index is 14.7. The molecular formula is C12H13ClF2N5O4P. The van der Waals surface area contributed by atoms with E-state index in [0.717, 1.165) is 4.57 Å². The number of anilines is 1. The van der Waals surface area contributed by atoms with E-state index in [1.807, 2.05) is 0 Å². The van der Waals surface area contributed by atoms with Gasteiger partial charge in [0, 0.05) is 7.05 Å². The molecule has 3 heterocycles. The van der Waals surface area contributed by atoms with Crippen molar-refractivity contribution in [1.82, 2.24) is 19.5 Å². The standard InChI is InChI=1S/C12H13ClF2N5O4P/c1-16-8-6-9(19-11(15)18-8)20(4-17-6)10-5(14)7(21)12(2-13,24-10)3-23-25-22/h4-5,7,10,21H,2-3H2,1H3,(H,16,18,19)/t5-,7+,10-,12-/m1/s1. The predicted molar refractivity (Wildman–Crippen MR) is 82.9 cm³/mol. The molecule has 3 rings (SSSR count). The van der Waals surface area contributed by atoms with Crippen molar-refractivity contribution < 1.29 is 27.7 Å². The Labute approximate surface area is 146 Å². The normalized spacial score (nSPS) is 29.6. The van der Waals surface area contributed by atoms with E-state index in [4.69, 9.17) is 20.9 Å². The summed E-state index contributed by atoms with van der Waals surface area (Å²) in [5.74, 6) is -0.203. The molecule has 0 aliphatic carbocycles. The van der Waals surface area contributed by atoms with Crippen LogP contribution in [0.2, 0.25) is 0 Å². The van der Waals surface area contributed by atoms with Crippen molar-refractivity contribution in [2.24, 2.45) is 0 Å². The molecule has 2 aromatic rings. The maximum atomic E-state index is 14.7. The van der Waals surface area contributed by atoms with Crippen LogP contribution in [0.1, 0.15) is 6.23 Å². The molecule has 0 unspecified atom stereocenters. The van der Waals surface area contributed by atoms with Gasteiger partial charge in [-0.1, -0.05) is 0 Å². The van der Waals surface area contributed by atoms with E-state index in [2.05, 4.69) is 20.3 Å². The quantitative estimate of drug-likeness (QED) is 0.429. The van der Waals surface area contributed by atoms with E-state index >= 15 is 0 Å². The van der Waals surface area contributed by atoms with Crippen molar-refractivity contribution in [1.29, 1.82) is 0 Å². The van der Waals surface area contributed by atoms with Crippen molar-refractivity contribution in [3.05, 3.63) is 12.4 Å². The van der Waals surface area contributed by atoms with E-state index in [1.54, 1.807) is 0 Å². The molecule has 2 aromatic heterocycles. The number of aliphatic hydroxyl groups is 1. The summed E-state index contributed by atoms with van der Waals surface area (Å²) in [6.45, 7) is -0.405. The van der Waals surface area contributed by atoms with Gasteiger partial charge in [0.25, 0.3) is 0 Å². The van der Waals surface area contributed by atoms with Crippen LogP contribution >= 0.6 is 20.3 Å². The first kappa shape index (κ1) is 18.3. The number of hydrogen-bond donors (Lipinski definition) is 2. The Balaban J connectivity index is 2.03. The van der Waals surface area contributed by atoms with E-state index < -0.39 is 45.5 Å². The minimum absolute atomic E-state index is 0.0232. The highest BCUT2D eigenvalue weighted by molar-refractivity contribution is 7.17. The monoisotopic (exact) mass is 395 g/mol. The molecule has 13 heteroatoms. The van der Waals surface area contributed by atoms with Gasteiger partial charge in [0.15, 0.2) is 29.4 Å². The van der Waals surface area contributed by atoms with Crippen LogP contribution < -0.4 is 5.32 Å². The average Bonchev–Trinajstić information content (AvgIpc) is 3.13. The fourth-order valence-electron chi connectivity index (χ4n) is 2.69. The number of nitrogens with one attached hydrogen (secondary N) is 1. The third kappa shape index (κ3) is 2.96. The van der Waals surface area contributed by atoms with Gasteiger partial charge in [-0.25, -0.2) is 13.9 Å². The molecule has 0 bridgehead atoms. The number of aliphatic hydroxyl groups excluding tert-OH is 1. The van der Waals surface area contributed by atoms with Gasteiger partial charge in [0.05, 0.1) is 18.8 Å². The Kier molecular flexibility index (Phi) is 5.12. The molecule has 136 valence electrons. The molecule has 9 nitrogen and oxygen atoms in total. The summed E-state index contributed by atoms with van der Waals surface area (Å²) in [6.07, 6.45) is -4.82. The molecule has 4 atom stereocenters. The van der Waals surface area contributed by atoms with Crippen molar-refractivity contribution >= 4 is 37.3 Å². The lowest BCUT2D eigenvalue weighted by atomic mass is 9.99. The highest BCUT2D eigenvalue weighted by Crippen LogP contribution is 2.41. The van der Waals surface area contributed by atoms with Crippen molar-refractivity contribution in [2.45, 2.75) is 24.1 Å². The first-order valence-corrected chi connectivity index (χ1v) is 8.32. The SMILES string of the molecule is CNc1nc(F)nc2c1ncn2[C@@H]1O[C@](CCl)(COP=O)[C@@H](O)[C@H]1F. The summed E-state index contributed by atoms with van der Waals surface area (Å²) in [5, 5.41) is 12.9. The minimum atomic E-state index is -1.93. The molecule has 0 amide bonds. The molecule has 1 fully saturated rings.